The van der Waals surface area contributed by atoms with Gasteiger partial charge in [0.2, 0.25) is 0 Å². The molecule has 0 aromatic rings. The molecule has 1 heteroatoms. The van der Waals surface area contributed by atoms with Crippen molar-refractivity contribution in [1.82, 2.24) is 0 Å². The molecule has 0 aromatic carbocycles. The van der Waals surface area contributed by atoms with Crippen LogP contribution in [0.3, 0.4) is 0 Å². The Morgan fingerprint density at radius 1 is 1.09 bits per heavy atom. The minimum atomic E-state index is -0.205. The quantitative estimate of drug-likeness (QED) is 0.296. The molecule has 0 unspecified atom stereocenters. The second kappa shape index (κ2) is 12.1. The summed E-state index contributed by atoms with van der Waals surface area (Å²) in [6, 6.07) is 0. The predicted molar refractivity (Wildman–Crippen MR) is 105 cm³/mol. The average Bonchev–Trinajstić information content (AvgIpc) is 2.46. The predicted octanol–water partition coefficient (Wildman–Crippen LogP) is 6.94. The number of ether oxygens (including phenoxy) is 1. The van der Waals surface area contributed by atoms with E-state index in [9.17, 15) is 0 Å². The van der Waals surface area contributed by atoms with Gasteiger partial charge in [-0.3, -0.25) is 0 Å². The van der Waals surface area contributed by atoms with Crippen molar-refractivity contribution in [2.24, 2.45) is 0 Å². The van der Waals surface area contributed by atoms with Crippen LogP contribution in [0.15, 0.2) is 59.8 Å². The largest absolute Gasteiger partial charge is 0.371 e. The Morgan fingerprint density at radius 2 is 1.78 bits per heavy atom. The van der Waals surface area contributed by atoms with Crippen LogP contribution in [0, 0.1) is 0 Å². The fraction of sp³-hybridized carbons (Fsp3) is 0.545. The van der Waals surface area contributed by atoms with Gasteiger partial charge >= 0.3 is 0 Å². The van der Waals surface area contributed by atoms with Gasteiger partial charge < -0.3 is 4.74 Å². The summed E-state index contributed by atoms with van der Waals surface area (Å²) >= 11 is 0. The minimum Gasteiger partial charge on any atom is -0.371 e. The van der Waals surface area contributed by atoms with E-state index in [2.05, 4.69) is 71.6 Å². The monoisotopic (exact) mass is 316 g/mol. The molecule has 0 amide bonds. The van der Waals surface area contributed by atoms with Crippen molar-refractivity contribution in [3.05, 3.63) is 59.8 Å². The number of hydrogen-bond acceptors (Lipinski definition) is 1. The van der Waals surface area contributed by atoms with Crippen molar-refractivity contribution in [2.45, 2.75) is 72.8 Å². The minimum absolute atomic E-state index is 0.205. The van der Waals surface area contributed by atoms with E-state index in [1.807, 2.05) is 13.0 Å². The first kappa shape index (κ1) is 21.7. The van der Waals surface area contributed by atoms with E-state index < -0.39 is 0 Å². The van der Waals surface area contributed by atoms with Crippen LogP contribution in [0.4, 0.5) is 0 Å². The van der Waals surface area contributed by atoms with Crippen LogP contribution in [-0.4, -0.2) is 12.2 Å². The fourth-order valence-electron chi connectivity index (χ4n) is 2.30. The molecule has 0 heterocycles. The third kappa shape index (κ3) is 11.8. The molecular formula is C22H36O. The third-order valence-corrected chi connectivity index (χ3v) is 3.83. The molecule has 0 aliphatic heterocycles. The molecule has 0 rings (SSSR count). The Kier molecular flexibility index (Phi) is 11.4. The lowest BCUT2D eigenvalue weighted by molar-refractivity contribution is 0.00815. The van der Waals surface area contributed by atoms with Crippen molar-refractivity contribution in [1.29, 1.82) is 0 Å². The second-order valence-electron chi connectivity index (χ2n) is 6.63. The fourth-order valence-corrected chi connectivity index (χ4v) is 2.30. The zero-order valence-electron chi connectivity index (χ0n) is 16.1. The Morgan fingerprint density at radius 3 is 2.35 bits per heavy atom. The van der Waals surface area contributed by atoms with E-state index in [1.54, 1.807) is 0 Å². The molecule has 0 N–H and O–H groups in total. The molecule has 0 aromatic heterocycles. The van der Waals surface area contributed by atoms with E-state index in [-0.39, 0.29) is 5.60 Å². The second-order valence-corrected chi connectivity index (χ2v) is 6.63. The van der Waals surface area contributed by atoms with Crippen LogP contribution in [0.2, 0.25) is 0 Å². The van der Waals surface area contributed by atoms with Crippen LogP contribution in [0.5, 0.6) is 0 Å². The van der Waals surface area contributed by atoms with Crippen LogP contribution >= 0.6 is 0 Å². The summed E-state index contributed by atoms with van der Waals surface area (Å²) < 4.78 is 5.96. The van der Waals surface area contributed by atoms with Gasteiger partial charge in [-0.05, 0) is 67.2 Å². The molecule has 1 nitrogen and oxygen atoms in total. The number of allylic oxidation sites excluding steroid dienone is 8. The van der Waals surface area contributed by atoms with Gasteiger partial charge in [0.1, 0.15) is 0 Å². The highest BCUT2D eigenvalue weighted by Gasteiger charge is 2.19. The molecule has 0 bridgehead atoms. The summed E-state index contributed by atoms with van der Waals surface area (Å²) in [5, 5.41) is 0. The van der Waals surface area contributed by atoms with Gasteiger partial charge in [-0.15, -0.1) is 0 Å². The lowest BCUT2D eigenvalue weighted by Gasteiger charge is -2.25. The Balaban J connectivity index is 4.57. The molecule has 130 valence electrons. The van der Waals surface area contributed by atoms with Crippen LogP contribution in [0.1, 0.15) is 67.2 Å². The van der Waals surface area contributed by atoms with Crippen LogP contribution in [-0.2, 0) is 4.74 Å². The first-order chi connectivity index (χ1) is 10.8. The van der Waals surface area contributed by atoms with E-state index in [0.717, 1.165) is 37.9 Å². The van der Waals surface area contributed by atoms with E-state index in [4.69, 9.17) is 4.74 Å². The van der Waals surface area contributed by atoms with Crippen LogP contribution in [0.25, 0.3) is 0 Å². The molecule has 0 fully saturated rings. The number of rotatable bonds is 11. The van der Waals surface area contributed by atoms with Gasteiger partial charge in [0.25, 0.3) is 0 Å². The Hall–Kier alpha value is -1.34. The van der Waals surface area contributed by atoms with Gasteiger partial charge in [0, 0.05) is 6.61 Å². The first-order valence-corrected chi connectivity index (χ1v) is 8.74. The zero-order valence-corrected chi connectivity index (χ0v) is 16.1. The maximum atomic E-state index is 5.96. The molecule has 0 spiro atoms. The molecule has 0 aliphatic rings. The third-order valence-electron chi connectivity index (χ3n) is 3.83. The van der Waals surface area contributed by atoms with E-state index in [0.29, 0.717) is 0 Å². The molecule has 0 saturated heterocycles. The molecular weight excluding hydrogens is 280 g/mol. The summed E-state index contributed by atoms with van der Waals surface area (Å²) in [6.45, 7) is 17.3. The highest BCUT2D eigenvalue weighted by Crippen LogP contribution is 2.21. The highest BCUT2D eigenvalue weighted by atomic mass is 16.5. The highest BCUT2D eigenvalue weighted by molar-refractivity contribution is 5.21. The van der Waals surface area contributed by atoms with Crippen molar-refractivity contribution < 1.29 is 4.74 Å². The summed E-state index contributed by atoms with van der Waals surface area (Å²) in [7, 11) is 0. The first-order valence-electron chi connectivity index (χ1n) is 8.74. The lowest BCUT2D eigenvalue weighted by Crippen LogP contribution is -2.25. The normalized spacial score (nSPS) is 15.6. The molecule has 0 saturated carbocycles. The summed E-state index contributed by atoms with van der Waals surface area (Å²) in [4.78, 5) is 0. The standard InChI is InChI=1S/C22H36O/c1-8-20(5)15-11-17-22(7,23-9-2)18-12-16-21(6)14-10-13-19(3)4/h8,11,13,15-17H,1,9-10,12,14,18H2,2-7H3/b17-11+,20-15+,21-16+/t22-/m0/s1. The van der Waals surface area contributed by atoms with Gasteiger partial charge in [0.05, 0.1) is 5.60 Å². The smallest absolute Gasteiger partial charge is 0.0840 e. The van der Waals surface area contributed by atoms with Crippen LogP contribution < -0.4 is 0 Å². The Bertz CT molecular complexity index is 458. The molecule has 23 heavy (non-hydrogen) atoms. The molecule has 0 radical (unpaired) electrons. The van der Waals surface area contributed by atoms with Crippen molar-refractivity contribution in [3.8, 4) is 0 Å². The van der Waals surface area contributed by atoms with Gasteiger partial charge in [0.15, 0.2) is 0 Å². The topological polar surface area (TPSA) is 9.23 Å². The number of hydrogen-bond donors (Lipinski definition) is 0. The van der Waals surface area contributed by atoms with Crippen molar-refractivity contribution in [2.75, 3.05) is 6.61 Å². The SMILES string of the molecule is C=C/C(C)=C/C=C/[C@@](C)(CC/C=C(\C)CCC=C(C)C)OCC. The van der Waals surface area contributed by atoms with E-state index in [1.165, 1.54) is 11.1 Å². The maximum Gasteiger partial charge on any atom is 0.0840 e. The van der Waals surface area contributed by atoms with Gasteiger partial charge in [-0.25, -0.2) is 0 Å². The summed E-state index contributed by atoms with van der Waals surface area (Å²) in [6.07, 6.45) is 17.2. The average molecular weight is 317 g/mol. The van der Waals surface area contributed by atoms with E-state index >= 15 is 0 Å². The Labute approximate surface area is 144 Å². The summed E-state index contributed by atoms with van der Waals surface area (Å²) in [5.41, 5.74) is 3.82. The van der Waals surface area contributed by atoms with Gasteiger partial charge in [-0.1, -0.05) is 59.8 Å². The lowest BCUT2D eigenvalue weighted by atomic mass is 9.97. The maximum absolute atomic E-state index is 5.96. The van der Waals surface area contributed by atoms with Crippen molar-refractivity contribution >= 4 is 0 Å². The van der Waals surface area contributed by atoms with Crippen molar-refractivity contribution in [3.63, 3.8) is 0 Å². The summed E-state index contributed by atoms with van der Waals surface area (Å²) in [5.74, 6) is 0. The molecule has 0 aliphatic carbocycles. The molecule has 1 atom stereocenters. The zero-order chi connectivity index (χ0) is 17.7. The van der Waals surface area contributed by atoms with Gasteiger partial charge in [-0.2, -0.15) is 0 Å².